The van der Waals surface area contributed by atoms with Crippen molar-refractivity contribution in [2.75, 3.05) is 24.2 Å². The largest absolute Gasteiger partial charge is 0.497 e. The van der Waals surface area contributed by atoms with Gasteiger partial charge in [-0.15, -0.1) is 0 Å². The van der Waals surface area contributed by atoms with E-state index in [0.29, 0.717) is 21.4 Å². The van der Waals surface area contributed by atoms with Gasteiger partial charge in [0.05, 0.1) is 29.1 Å². The van der Waals surface area contributed by atoms with E-state index >= 15 is 0 Å². The Morgan fingerprint density at radius 3 is 2.41 bits per heavy atom. The molecule has 202 valence electrons. The molecule has 8 nitrogen and oxygen atoms in total. The van der Waals surface area contributed by atoms with Gasteiger partial charge in [0, 0.05) is 18.7 Å². The van der Waals surface area contributed by atoms with E-state index in [1.807, 2.05) is 0 Å². The lowest BCUT2D eigenvalue weighted by Gasteiger charge is -2.33. The normalized spacial score (nSPS) is 15.1. The van der Waals surface area contributed by atoms with Crippen LogP contribution < -0.4 is 14.4 Å². The first-order valence-corrected chi connectivity index (χ1v) is 14.8. The summed E-state index contributed by atoms with van der Waals surface area (Å²) in [6, 6.07) is 10.6. The molecule has 11 heteroatoms. The average molecular weight is 571 g/mol. The number of methoxy groups -OCH3 is 1. The molecular formula is C26H33Cl2N3O5S. The molecule has 0 unspecified atom stereocenters. The molecule has 1 aliphatic rings. The first kappa shape index (κ1) is 29.1. The maximum atomic E-state index is 13.7. The minimum absolute atomic E-state index is 0.0463. The number of hydrogen-bond donors (Lipinski definition) is 1. The van der Waals surface area contributed by atoms with Gasteiger partial charge in [-0.2, -0.15) is 0 Å². The highest BCUT2D eigenvalue weighted by Crippen LogP contribution is 2.26. The Labute approximate surface area is 228 Å². The molecule has 2 aromatic carbocycles. The van der Waals surface area contributed by atoms with Crippen LogP contribution in [0.1, 0.15) is 44.6 Å². The van der Waals surface area contributed by atoms with Gasteiger partial charge in [0.25, 0.3) is 0 Å². The molecule has 37 heavy (non-hydrogen) atoms. The standard InChI is InChI=1S/C26H33Cl2N3O5S/c1-18(26(33)29-20-8-5-4-6-9-20)30(16-19-12-13-23(27)24(28)14-19)25(32)17-31(37(3,34)35)21-10-7-11-22(15-21)36-2/h7,10-15,18,20H,4-6,8-9,16-17H2,1-3H3,(H,29,33)/t18-/m1/s1. The van der Waals surface area contributed by atoms with Crippen molar-refractivity contribution in [3.63, 3.8) is 0 Å². The van der Waals surface area contributed by atoms with Crippen molar-refractivity contribution in [3.05, 3.63) is 58.1 Å². The van der Waals surface area contributed by atoms with Crippen LogP contribution in [0, 0.1) is 0 Å². The zero-order chi connectivity index (χ0) is 27.2. The maximum Gasteiger partial charge on any atom is 0.244 e. The lowest BCUT2D eigenvalue weighted by molar-refractivity contribution is -0.139. The SMILES string of the molecule is COc1cccc(N(CC(=O)N(Cc2ccc(Cl)c(Cl)c2)[C@H](C)C(=O)NC2CCCCC2)S(C)(=O)=O)c1. The van der Waals surface area contributed by atoms with Crippen molar-refractivity contribution < 1.29 is 22.7 Å². The van der Waals surface area contributed by atoms with Crippen molar-refractivity contribution in [2.45, 2.75) is 57.7 Å². The number of ether oxygens (including phenoxy) is 1. The van der Waals surface area contributed by atoms with Crippen molar-refractivity contribution >= 4 is 50.7 Å². The number of carbonyl (C=O) groups excluding carboxylic acids is 2. The van der Waals surface area contributed by atoms with Crippen LogP contribution in [-0.4, -0.2) is 57.1 Å². The number of benzene rings is 2. The summed E-state index contributed by atoms with van der Waals surface area (Å²) >= 11 is 12.2. The van der Waals surface area contributed by atoms with Crippen molar-refractivity contribution in [1.29, 1.82) is 0 Å². The number of nitrogens with zero attached hydrogens (tertiary/aromatic N) is 2. The van der Waals surface area contributed by atoms with Gasteiger partial charge in [0.1, 0.15) is 18.3 Å². The zero-order valence-corrected chi connectivity index (χ0v) is 23.6. The number of anilines is 1. The van der Waals surface area contributed by atoms with Crippen LogP contribution in [0.3, 0.4) is 0 Å². The summed E-state index contributed by atoms with van der Waals surface area (Å²) in [5.41, 5.74) is 0.941. The highest BCUT2D eigenvalue weighted by Gasteiger charge is 2.31. The molecule has 0 aliphatic heterocycles. The van der Waals surface area contributed by atoms with Gasteiger partial charge in [-0.1, -0.05) is 54.6 Å². The molecule has 0 bridgehead atoms. The van der Waals surface area contributed by atoms with E-state index in [1.165, 1.54) is 18.1 Å². The third-order valence-corrected chi connectivity index (χ3v) is 8.36. The molecule has 1 atom stereocenters. The van der Waals surface area contributed by atoms with Crippen LogP contribution in [-0.2, 0) is 26.2 Å². The highest BCUT2D eigenvalue weighted by molar-refractivity contribution is 7.92. The monoisotopic (exact) mass is 569 g/mol. The number of sulfonamides is 1. The van der Waals surface area contributed by atoms with E-state index in [-0.39, 0.29) is 24.2 Å². The summed E-state index contributed by atoms with van der Waals surface area (Å²) in [5.74, 6) is -0.371. The number of rotatable bonds is 10. The van der Waals surface area contributed by atoms with Gasteiger partial charge in [0.15, 0.2) is 0 Å². The van der Waals surface area contributed by atoms with E-state index in [4.69, 9.17) is 27.9 Å². The fourth-order valence-corrected chi connectivity index (χ4v) is 5.53. The average Bonchev–Trinajstić information content (AvgIpc) is 2.87. The maximum absolute atomic E-state index is 13.7. The summed E-state index contributed by atoms with van der Waals surface area (Å²) < 4.78 is 31.6. The Balaban J connectivity index is 1.89. The Morgan fingerprint density at radius 2 is 1.78 bits per heavy atom. The molecule has 2 amide bonds. The van der Waals surface area contributed by atoms with Crippen LogP contribution in [0.25, 0.3) is 0 Å². The van der Waals surface area contributed by atoms with E-state index in [1.54, 1.807) is 43.3 Å². The van der Waals surface area contributed by atoms with Crippen LogP contribution in [0.15, 0.2) is 42.5 Å². The minimum Gasteiger partial charge on any atom is -0.497 e. The molecule has 0 aromatic heterocycles. The van der Waals surface area contributed by atoms with E-state index in [9.17, 15) is 18.0 Å². The second-order valence-corrected chi connectivity index (χ2v) is 12.0. The second-order valence-electron chi connectivity index (χ2n) is 9.26. The Kier molecular flexibility index (Phi) is 10.1. The van der Waals surface area contributed by atoms with Gasteiger partial charge in [-0.25, -0.2) is 8.42 Å². The summed E-state index contributed by atoms with van der Waals surface area (Å²) in [4.78, 5) is 28.2. The molecule has 0 heterocycles. The predicted molar refractivity (Wildman–Crippen MR) is 147 cm³/mol. The summed E-state index contributed by atoms with van der Waals surface area (Å²) in [7, 11) is -2.36. The summed E-state index contributed by atoms with van der Waals surface area (Å²) in [6.07, 6.45) is 6.08. The predicted octanol–water partition coefficient (Wildman–Crippen LogP) is 4.63. The van der Waals surface area contributed by atoms with Gasteiger partial charge >= 0.3 is 0 Å². The molecule has 0 radical (unpaired) electrons. The van der Waals surface area contributed by atoms with E-state index < -0.39 is 28.5 Å². The lowest BCUT2D eigenvalue weighted by Crippen LogP contribution is -2.52. The van der Waals surface area contributed by atoms with Crippen molar-refractivity contribution in [1.82, 2.24) is 10.2 Å². The number of amides is 2. The number of hydrogen-bond acceptors (Lipinski definition) is 5. The molecular weight excluding hydrogens is 537 g/mol. The van der Waals surface area contributed by atoms with Crippen LogP contribution >= 0.6 is 23.2 Å². The third kappa shape index (κ3) is 7.99. The molecule has 1 saturated carbocycles. The Morgan fingerprint density at radius 1 is 1.08 bits per heavy atom. The summed E-state index contributed by atoms with van der Waals surface area (Å²) in [6.45, 7) is 1.20. The summed E-state index contributed by atoms with van der Waals surface area (Å²) in [5, 5.41) is 3.75. The van der Waals surface area contributed by atoms with Gasteiger partial charge in [0.2, 0.25) is 21.8 Å². The fourth-order valence-electron chi connectivity index (χ4n) is 4.37. The topological polar surface area (TPSA) is 96.0 Å². The Hall–Kier alpha value is -2.49. The molecule has 1 aliphatic carbocycles. The smallest absolute Gasteiger partial charge is 0.244 e. The first-order valence-electron chi connectivity index (χ1n) is 12.1. The molecule has 2 aromatic rings. The number of carbonyl (C=O) groups is 2. The van der Waals surface area contributed by atoms with E-state index in [0.717, 1.165) is 42.7 Å². The molecule has 0 saturated heterocycles. The Bertz CT molecular complexity index is 1220. The third-order valence-electron chi connectivity index (χ3n) is 6.48. The minimum atomic E-state index is -3.83. The molecule has 3 rings (SSSR count). The quantitative estimate of drug-likeness (QED) is 0.449. The van der Waals surface area contributed by atoms with Crippen LogP contribution in [0.5, 0.6) is 5.75 Å². The van der Waals surface area contributed by atoms with Gasteiger partial charge < -0.3 is 15.0 Å². The highest BCUT2D eigenvalue weighted by atomic mass is 35.5. The molecule has 1 fully saturated rings. The molecule has 0 spiro atoms. The molecule has 1 N–H and O–H groups in total. The number of nitrogens with one attached hydrogen (secondary N) is 1. The van der Waals surface area contributed by atoms with Crippen LogP contribution in [0.4, 0.5) is 5.69 Å². The fraction of sp³-hybridized carbons (Fsp3) is 0.462. The lowest BCUT2D eigenvalue weighted by atomic mass is 9.95. The van der Waals surface area contributed by atoms with Gasteiger partial charge in [-0.05, 0) is 49.6 Å². The first-order chi connectivity index (χ1) is 17.5. The van der Waals surface area contributed by atoms with E-state index in [2.05, 4.69) is 5.32 Å². The second kappa shape index (κ2) is 12.8. The van der Waals surface area contributed by atoms with Crippen molar-refractivity contribution in [2.24, 2.45) is 0 Å². The number of halogens is 2. The van der Waals surface area contributed by atoms with Crippen molar-refractivity contribution in [3.8, 4) is 5.75 Å². The zero-order valence-electron chi connectivity index (χ0n) is 21.2. The van der Waals surface area contributed by atoms with Crippen LogP contribution in [0.2, 0.25) is 10.0 Å². The van der Waals surface area contributed by atoms with Gasteiger partial charge in [-0.3, -0.25) is 13.9 Å².